The van der Waals surface area contributed by atoms with Crippen LogP contribution >= 0.6 is 11.6 Å². The monoisotopic (exact) mass is 583 g/mol. The van der Waals surface area contributed by atoms with Gasteiger partial charge in [-0.15, -0.1) is 0 Å². The van der Waals surface area contributed by atoms with Gasteiger partial charge < -0.3 is 14.2 Å². The molecule has 212 valence electrons. The summed E-state index contributed by atoms with van der Waals surface area (Å²) in [5, 5.41) is 3.50. The zero-order valence-corrected chi connectivity index (χ0v) is 25.0. The molecule has 0 radical (unpaired) electrons. The van der Waals surface area contributed by atoms with Crippen molar-refractivity contribution < 1.29 is 26.9 Å². The van der Waals surface area contributed by atoms with Crippen molar-refractivity contribution in [1.29, 1.82) is 0 Å². The molecule has 2 aliphatic carbocycles. The Labute approximate surface area is 240 Å². The Balaban J connectivity index is 1.67. The van der Waals surface area contributed by atoms with E-state index in [-0.39, 0.29) is 50.4 Å². The molecular weight excluding hydrogens is 550 g/mol. The van der Waals surface area contributed by atoms with Crippen molar-refractivity contribution in [3.05, 3.63) is 75.6 Å². The number of hydrogen-bond donors (Lipinski definition) is 1. The average molecular weight is 584 g/mol. The molecule has 7 nitrogen and oxygen atoms in total. The van der Waals surface area contributed by atoms with E-state index >= 15 is 0 Å². The number of dihydropyridines is 1. The Morgan fingerprint density at radius 2 is 1.45 bits per heavy atom. The fraction of sp³-hybridized carbons (Fsp3) is 0.419. The second-order valence-electron chi connectivity index (χ2n) is 12.3. The Bertz CT molecular complexity index is 1520. The number of hydrogen-bond acceptors (Lipinski definition) is 7. The third kappa shape index (κ3) is 5.31. The maximum Gasteiger partial charge on any atom is 0.339 e. The molecule has 1 N–H and O–H groups in total. The smallest absolute Gasteiger partial charge is 0.339 e. The van der Waals surface area contributed by atoms with Crippen LogP contribution in [0.15, 0.2) is 69.9 Å². The zero-order chi connectivity index (χ0) is 29.0. The van der Waals surface area contributed by atoms with E-state index in [1.165, 1.54) is 12.1 Å². The molecule has 9 heteroatoms. The fourth-order valence-corrected chi connectivity index (χ4v) is 7.35. The highest BCUT2D eigenvalue weighted by atomic mass is 35.5. The largest absolute Gasteiger partial charge is 0.490 e. The number of halogens is 1. The lowest BCUT2D eigenvalue weighted by molar-refractivity contribution is -0.119. The van der Waals surface area contributed by atoms with Crippen molar-refractivity contribution in [2.24, 2.45) is 10.8 Å². The molecule has 1 heterocycles. The van der Waals surface area contributed by atoms with Crippen LogP contribution in [0.5, 0.6) is 11.5 Å². The van der Waals surface area contributed by atoms with Gasteiger partial charge in [-0.1, -0.05) is 57.5 Å². The van der Waals surface area contributed by atoms with Crippen LogP contribution in [0.25, 0.3) is 0 Å². The number of rotatable bonds is 6. The van der Waals surface area contributed by atoms with Crippen molar-refractivity contribution >= 4 is 33.3 Å². The number of ketones is 2. The lowest BCUT2D eigenvalue weighted by Crippen LogP contribution is -2.42. The first-order valence-electron chi connectivity index (χ1n) is 13.5. The highest BCUT2D eigenvalue weighted by Gasteiger charge is 2.46. The van der Waals surface area contributed by atoms with Crippen molar-refractivity contribution in [1.82, 2.24) is 5.32 Å². The van der Waals surface area contributed by atoms with Gasteiger partial charge in [0.25, 0.3) is 0 Å². The molecule has 0 amide bonds. The summed E-state index contributed by atoms with van der Waals surface area (Å²) in [4.78, 5) is 27.3. The maximum atomic E-state index is 13.6. The van der Waals surface area contributed by atoms with Crippen LogP contribution < -0.4 is 14.2 Å². The van der Waals surface area contributed by atoms with Gasteiger partial charge in [-0.05, 0) is 60.4 Å². The minimum Gasteiger partial charge on any atom is -0.490 e. The fourth-order valence-electron chi connectivity index (χ4n) is 6.07. The van der Waals surface area contributed by atoms with E-state index in [0.717, 1.165) is 11.4 Å². The van der Waals surface area contributed by atoms with Crippen LogP contribution in [-0.2, 0) is 19.7 Å². The van der Waals surface area contributed by atoms with Crippen molar-refractivity contribution in [3.8, 4) is 11.5 Å². The number of allylic oxidation sites excluding steroid dienone is 4. The molecule has 0 bridgehead atoms. The average Bonchev–Trinajstić information content (AvgIpc) is 2.84. The summed E-state index contributed by atoms with van der Waals surface area (Å²) in [5.74, 6) is -0.696. The standard InChI is InChI=1S/C31H34ClNO6S/c1-6-38-25-13-18(12-20(32)29(25)39-40(36,37)19-10-8-7-9-11-19)26-27-21(14-30(2,3)16-23(27)34)33-22-15-31(4,5)17-24(35)28(22)26/h7-13,26,33H,6,14-17H2,1-5H3. The highest BCUT2D eigenvalue weighted by molar-refractivity contribution is 7.87. The number of carbonyl (C=O) groups excluding carboxylic acids is 2. The number of benzene rings is 2. The van der Waals surface area contributed by atoms with E-state index < -0.39 is 16.0 Å². The van der Waals surface area contributed by atoms with E-state index in [2.05, 4.69) is 33.0 Å². The van der Waals surface area contributed by atoms with Gasteiger partial charge in [-0.3, -0.25) is 9.59 Å². The quantitative estimate of drug-likeness (QED) is 0.389. The van der Waals surface area contributed by atoms with E-state index in [0.29, 0.717) is 42.4 Å². The molecule has 0 aromatic heterocycles. The molecule has 0 saturated carbocycles. The van der Waals surface area contributed by atoms with Crippen molar-refractivity contribution in [2.75, 3.05) is 6.61 Å². The molecule has 0 fully saturated rings. The van der Waals surface area contributed by atoms with E-state index in [4.69, 9.17) is 20.5 Å². The predicted octanol–water partition coefficient (Wildman–Crippen LogP) is 6.48. The third-order valence-corrected chi connectivity index (χ3v) is 9.13. The molecule has 2 aromatic carbocycles. The summed E-state index contributed by atoms with van der Waals surface area (Å²) in [6.45, 7) is 10.2. The number of Topliss-reactive ketones (excluding diaryl/α,β-unsaturated/α-hetero) is 2. The zero-order valence-electron chi connectivity index (χ0n) is 23.4. The van der Waals surface area contributed by atoms with Gasteiger partial charge >= 0.3 is 10.1 Å². The summed E-state index contributed by atoms with van der Waals surface area (Å²) in [6, 6.07) is 11.0. The minimum absolute atomic E-state index is 0.00969. The minimum atomic E-state index is -4.20. The first-order valence-corrected chi connectivity index (χ1v) is 15.3. The second-order valence-corrected chi connectivity index (χ2v) is 14.3. The van der Waals surface area contributed by atoms with Gasteiger partial charge in [0.2, 0.25) is 5.75 Å². The van der Waals surface area contributed by atoms with E-state index in [1.54, 1.807) is 37.3 Å². The van der Waals surface area contributed by atoms with Gasteiger partial charge in [0.05, 0.1) is 11.6 Å². The van der Waals surface area contributed by atoms with Crippen LogP contribution in [-0.4, -0.2) is 26.6 Å². The van der Waals surface area contributed by atoms with Crippen LogP contribution in [0.1, 0.15) is 71.8 Å². The lowest BCUT2D eigenvalue weighted by atomic mass is 9.64. The first-order chi connectivity index (χ1) is 18.7. The molecule has 40 heavy (non-hydrogen) atoms. The Hall–Kier alpha value is -3.10. The Morgan fingerprint density at radius 1 is 0.900 bits per heavy atom. The highest BCUT2D eigenvalue weighted by Crippen LogP contribution is 2.52. The summed E-state index contributed by atoms with van der Waals surface area (Å²) in [5.41, 5.74) is 2.92. The van der Waals surface area contributed by atoms with Gasteiger partial charge in [-0.2, -0.15) is 8.42 Å². The van der Waals surface area contributed by atoms with Gasteiger partial charge in [0.1, 0.15) is 4.90 Å². The van der Waals surface area contributed by atoms with Crippen LogP contribution in [0.4, 0.5) is 0 Å². The number of ether oxygens (including phenoxy) is 1. The second kappa shape index (κ2) is 10.1. The van der Waals surface area contributed by atoms with Gasteiger partial charge in [0.15, 0.2) is 17.3 Å². The SMILES string of the molecule is CCOc1cc(C2C3=C(CC(C)(C)CC3=O)NC3=C2C(=O)CC(C)(C)C3)cc(Cl)c1OS(=O)(=O)c1ccccc1. The molecule has 3 aliphatic rings. The summed E-state index contributed by atoms with van der Waals surface area (Å²) < 4.78 is 37.4. The third-order valence-electron chi connectivity index (χ3n) is 7.61. The maximum absolute atomic E-state index is 13.6. The molecule has 0 saturated heterocycles. The first kappa shape index (κ1) is 28.4. The molecule has 0 atom stereocenters. The number of nitrogens with one attached hydrogen (secondary N) is 1. The van der Waals surface area contributed by atoms with Gasteiger partial charge in [-0.25, -0.2) is 0 Å². The summed E-state index contributed by atoms with van der Waals surface area (Å²) in [7, 11) is -4.20. The normalized spacial score (nSPS) is 20.6. The topological polar surface area (TPSA) is 98.8 Å². The lowest BCUT2D eigenvalue weighted by Gasteiger charge is -2.44. The van der Waals surface area contributed by atoms with Crippen LogP contribution in [0.2, 0.25) is 5.02 Å². The van der Waals surface area contributed by atoms with Crippen molar-refractivity contribution in [2.45, 2.75) is 71.1 Å². The van der Waals surface area contributed by atoms with Crippen LogP contribution in [0.3, 0.4) is 0 Å². The molecule has 0 spiro atoms. The van der Waals surface area contributed by atoms with Crippen molar-refractivity contribution in [3.63, 3.8) is 0 Å². The van der Waals surface area contributed by atoms with Crippen LogP contribution in [0, 0.1) is 10.8 Å². The summed E-state index contributed by atoms with van der Waals surface area (Å²) in [6.07, 6.45) is 2.04. The Morgan fingerprint density at radius 3 is 1.98 bits per heavy atom. The number of carbonyl (C=O) groups is 2. The Kier molecular flexibility index (Phi) is 7.16. The van der Waals surface area contributed by atoms with E-state index in [1.807, 2.05) is 0 Å². The molecule has 5 rings (SSSR count). The van der Waals surface area contributed by atoms with Gasteiger partial charge in [0, 0.05) is 41.3 Å². The van der Waals surface area contributed by atoms with E-state index in [9.17, 15) is 18.0 Å². The summed E-state index contributed by atoms with van der Waals surface area (Å²) >= 11 is 6.71. The molecule has 2 aromatic rings. The predicted molar refractivity (Wildman–Crippen MR) is 153 cm³/mol. The molecule has 0 unspecified atom stereocenters. The molecular formula is C31H34ClNO6S. The molecule has 1 aliphatic heterocycles.